The molecule has 26 heavy (non-hydrogen) atoms. The molecule has 0 amide bonds. The van der Waals surface area contributed by atoms with Crippen LogP contribution in [0.5, 0.6) is 0 Å². The van der Waals surface area contributed by atoms with E-state index < -0.39 is 29.4 Å². The Bertz CT molecular complexity index is 870. The maximum absolute atomic E-state index is 12.4. The number of hydrogen-bond donors (Lipinski definition) is 1. The lowest BCUT2D eigenvalue weighted by molar-refractivity contribution is -0.143. The monoisotopic (exact) mass is 365 g/mol. The van der Waals surface area contributed by atoms with Crippen molar-refractivity contribution in [1.82, 2.24) is 5.32 Å². The standard InChI is InChI=1S/C20H16ClN3O2/c1-26-19(25)17-16(13-5-3-2-4-6-13)20(11-22,12-23)18(24-17)14-7-9-15(21)10-8-14/h2-10,16-18,24H,1H3. The van der Waals surface area contributed by atoms with E-state index in [-0.39, 0.29) is 0 Å². The number of methoxy groups -OCH3 is 1. The Kier molecular flexibility index (Phi) is 4.95. The zero-order valence-electron chi connectivity index (χ0n) is 14.0. The van der Waals surface area contributed by atoms with Crippen LogP contribution in [0.3, 0.4) is 0 Å². The van der Waals surface area contributed by atoms with Gasteiger partial charge in [0, 0.05) is 10.9 Å². The Morgan fingerprint density at radius 3 is 2.23 bits per heavy atom. The molecule has 0 aliphatic carbocycles. The van der Waals surface area contributed by atoms with Crippen molar-refractivity contribution in [2.75, 3.05) is 7.11 Å². The van der Waals surface area contributed by atoms with Crippen LogP contribution in [0.15, 0.2) is 54.6 Å². The smallest absolute Gasteiger partial charge is 0.323 e. The number of nitrogens with one attached hydrogen (secondary N) is 1. The van der Waals surface area contributed by atoms with Crippen LogP contribution in [-0.2, 0) is 9.53 Å². The highest BCUT2D eigenvalue weighted by molar-refractivity contribution is 6.30. The lowest BCUT2D eigenvalue weighted by Crippen LogP contribution is -2.37. The van der Waals surface area contributed by atoms with Crippen LogP contribution in [-0.4, -0.2) is 19.1 Å². The minimum Gasteiger partial charge on any atom is -0.468 e. The molecule has 2 aromatic rings. The number of ether oxygens (including phenoxy) is 1. The fourth-order valence-electron chi connectivity index (χ4n) is 3.60. The summed E-state index contributed by atoms with van der Waals surface area (Å²) in [4.78, 5) is 12.4. The van der Waals surface area contributed by atoms with Crippen LogP contribution >= 0.6 is 11.6 Å². The molecule has 1 heterocycles. The van der Waals surface area contributed by atoms with Crippen molar-refractivity contribution in [3.8, 4) is 12.1 Å². The maximum atomic E-state index is 12.4. The van der Waals surface area contributed by atoms with Gasteiger partial charge < -0.3 is 4.74 Å². The SMILES string of the molecule is COC(=O)C1NC(c2ccc(Cl)cc2)C(C#N)(C#N)C1c1ccccc1. The lowest BCUT2D eigenvalue weighted by Gasteiger charge is -2.27. The molecule has 1 aliphatic heterocycles. The van der Waals surface area contributed by atoms with Gasteiger partial charge >= 0.3 is 5.97 Å². The summed E-state index contributed by atoms with van der Waals surface area (Å²) in [6, 6.07) is 18.9. The first-order valence-electron chi connectivity index (χ1n) is 8.04. The molecule has 0 spiro atoms. The average Bonchev–Trinajstić information content (AvgIpc) is 3.04. The van der Waals surface area contributed by atoms with E-state index in [1.54, 1.807) is 24.3 Å². The van der Waals surface area contributed by atoms with Crippen LogP contribution in [0.25, 0.3) is 0 Å². The zero-order valence-corrected chi connectivity index (χ0v) is 14.8. The van der Waals surface area contributed by atoms with E-state index in [1.165, 1.54) is 7.11 Å². The molecule has 3 unspecified atom stereocenters. The molecule has 1 N–H and O–H groups in total. The van der Waals surface area contributed by atoms with E-state index in [0.717, 1.165) is 5.56 Å². The third kappa shape index (κ3) is 2.82. The molecule has 6 heteroatoms. The number of halogens is 1. The molecule has 0 bridgehead atoms. The highest BCUT2D eigenvalue weighted by atomic mass is 35.5. The molecular weight excluding hydrogens is 350 g/mol. The number of nitriles is 2. The van der Waals surface area contributed by atoms with Gasteiger partial charge in [-0.2, -0.15) is 10.5 Å². The van der Waals surface area contributed by atoms with E-state index in [4.69, 9.17) is 16.3 Å². The number of rotatable bonds is 3. The summed E-state index contributed by atoms with van der Waals surface area (Å²) >= 11 is 5.96. The van der Waals surface area contributed by atoms with Gasteiger partial charge in [0.05, 0.1) is 25.3 Å². The molecule has 3 atom stereocenters. The molecule has 0 aromatic heterocycles. The summed E-state index contributed by atoms with van der Waals surface area (Å²) in [5, 5.41) is 23.7. The van der Waals surface area contributed by atoms with Gasteiger partial charge in [0.2, 0.25) is 0 Å². The molecule has 1 saturated heterocycles. The maximum Gasteiger partial charge on any atom is 0.323 e. The number of carbonyl (C=O) groups excluding carboxylic acids is 1. The van der Waals surface area contributed by atoms with Crippen LogP contribution in [0.2, 0.25) is 5.02 Å². The third-order valence-corrected chi connectivity index (χ3v) is 5.06. The lowest BCUT2D eigenvalue weighted by atomic mass is 9.69. The summed E-state index contributed by atoms with van der Waals surface area (Å²) in [7, 11) is 1.29. The van der Waals surface area contributed by atoms with Gasteiger partial charge in [-0.05, 0) is 23.3 Å². The first-order chi connectivity index (χ1) is 12.6. The molecule has 1 aliphatic rings. The molecule has 1 fully saturated rings. The third-order valence-electron chi connectivity index (χ3n) is 4.81. The van der Waals surface area contributed by atoms with Crippen molar-refractivity contribution in [3.63, 3.8) is 0 Å². The molecule has 0 saturated carbocycles. The van der Waals surface area contributed by atoms with Crippen molar-refractivity contribution in [2.45, 2.75) is 18.0 Å². The highest BCUT2D eigenvalue weighted by Gasteiger charge is 2.59. The largest absolute Gasteiger partial charge is 0.468 e. The van der Waals surface area contributed by atoms with Gasteiger partial charge in [0.1, 0.15) is 6.04 Å². The topological polar surface area (TPSA) is 85.9 Å². The summed E-state index contributed by atoms with van der Waals surface area (Å²) in [6.07, 6.45) is 0. The van der Waals surface area contributed by atoms with E-state index in [0.29, 0.717) is 10.6 Å². The van der Waals surface area contributed by atoms with Gasteiger partial charge in [-0.15, -0.1) is 0 Å². The van der Waals surface area contributed by atoms with Crippen LogP contribution in [0.4, 0.5) is 0 Å². The van der Waals surface area contributed by atoms with E-state index in [1.807, 2.05) is 30.3 Å². The summed E-state index contributed by atoms with van der Waals surface area (Å²) in [5.74, 6) is -1.18. The summed E-state index contributed by atoms with van der Waals surface area (Å²) in [5.41, 5.74) is -0.0339. The molecule has 5 nitrogen and oxygen atoms in total. The Morgan fingerprint density at radius 1 is 1.08 bits per heavy atom. The number of hydrogen-bond acceptors (Lipinski definition) is 5. The Labute approximate surface area is 156 Å². The average molecular weight is 366 g/mol. The Balaban J connectivity index is 2.18. The van der Waals surface area contributed by atoms with Crippen LogP contribution < -0.4 is 5.32 Å². The number of esters is 1. The molecule has 3 rings (SSSR count). The van der Waals surface area contributed by atoms with Crippen molar-refractivity contribution in [3.05, 3.63) is 70.7 Å². The van der Waals surface area contributed by atoms with Gasteiger partial charge in [-0.1, -0.05) is 54.1 Å². The van der Waals surface area contributed by atoms with E-state index in [9.17, 15) is 15.3 Å². The molecule has 130 valence electrons. The van der Waals surface area contributed by atoms with Crippen LogP contribution in [0.1, 0.15) is 23.1 Å². The minimum atomic E-state index is -1.48. The second-order valence-corrected chi connectivity index (χ2v) is 6.57. The Hall–Kier alpha value is -2.86. The predicted octanol–water partition coefficient (Wildman–Crippen LogP) is 3.34. The van der Waals surface area contributed by atoms with E-state index >= 15 is 0 Å². The first kappa shape index (κ1) is 17.9. The molecule has 0 radical (unpaired) electrons. The first-order valence-corrected chi connectivity index (χ1v) is 8.42. The fourth-order valence-corrected chi connectivity index (χ4v) is 3.73. The predicted molar refractivity (Wildman–Crippen MR) is 96.0 cm³/mol. The van der Waals surface area contributed by atoms with Crippen molar-refractivity contribution in [2.24, 2.45) is 5.41 Å². The zero-order chi connectivity index (χ0) is 18.7. The normalized spacial score (nSPS) is 23.6. The van der Waals surface area contributed by atoms with E-state index in [2.05, 4.69) is 17.5 Å². The minimum absolute atomic E-state index is 0.509. The van der Waals surface area contributed by atoms with Gasteiger partial charge in [0.25, 0.3) is 0 Å². The van der Waals surface area contributed by atoms with Gasteiger partial charge in [-0.25, -0.2) is 0 Å². The fraction of sp³-hybridized carbons (Fsp3) is 0.250. The molecular formula is C20H16ClN3O2. The second kappa shape index (κ2) is 7.17. The summed E-state index contributed by atoms with van der Waals surface area (Å²) < 4.78 is 4.93. The quantitative estimate of drug-likeness (QED) is 0.843. The number of nitrogens with zero attached hydrogens (tertiary/aromatic N) is 2. The molecule has 2 aromatic carbocycles. The van der Waals surface area contributed by atoms with Gasteiger partial charge in [-0.3, -0.25) is 10.1 Å². The van der Waals surface area contributed by atoms with Crippen molar-refractivity contribution < 1.29 is 9.53 Å². The second-order valence-electron chi connectivity index (χ2n) is 6.13. The van der Waals surface area contributed by atoms with Crippen LogP contribution in [0, 0.1) is 28.1 Å². The number of benzene rings is 2. The number of carbonyl (C=O) groups is 1. The Morgan fingerprint density at radius 2 is 1.69 bits per heavy atom. The van der Waals surface area contributed by atoms with Gasteiger partial charge in [0.15, 0.2) is 5.41 Å². The van der Waals surface area contributed by atoms with Crippen molar-refractivity contribution >= 4 is 17.6 Å². The van der Waals surface area contributed by atoms with Crippen molar-refractivity contribution in [1.29, 1.82) is 10.5 Å². The summed E-state index contributed by atoms with van der Waals surface area (Å²) in [6.45, 7) is 0. The highest BCUT2D eigenvalue weighted by Crippen LogP contribution is 2.52.